The molecule has 0 saturated carbocycles. The van der Waals surface area contributed by atoms with Crippen LogP contribution in [0.2, 0.25) is 5.02 Å². The lowest BCUT2D eigenvalue weighted by Gasteiger charge is -2.20. The number of nitrogens with zero attached hydrogens (tertiary/aromatic N) is 4. The Morgan fingerprint density at radius 2 is 1.83 bits per heavy atom. The Morgan fingerprint density at radius 3 is 2.50 bits per heavy atom. The van der Waals surface area contributed by atoms with Gasteiger partial charge >= 0.3 is 0 Å². The monoisotopic (exact) mass is 429 g/mol. The Kier molecular flexibility index (Phi) is 4.98. The third-order valence-corrected chi connectivity index (χ3v) is 5.12. The van der Waals surface area contributed by atoms with E-state index in [1.165, 1.54) is 17.1 Å². The first kappa shape index (κ1) is 20.0. The van der Waals surface area contributed by atoms with Crippen LogP contribution in [-0.2, 0) is 14.4 Å². The highest BCUT2D eigenvalue weighted by atomic mass is 35.5. The first-order valence-electron chi connectivity index (χ1n) is 9.13. The summed E-state index contributed by atoms with van der Waals surface area (Å²) in [7, 11) is 0. The Bertz CT molecular complexity index is 1090. The zero-order valence-corrected chi connectivity index (χ0v) is 16.9. The van der Waals surface area contributed by atoms with E-state index in [1.54, 1.807) is 0 Å². The van der Waals surface area contributed by atoms with Gasteiger partial charge in [0.15, 0.2) is 12.1 Å². The van der Waals surface area contributed by atoms with Gasteiger partial charge in [0.1, 0.15) is 12.4 Å². The molecule has 2 aromatic carbocycles. The highest BCUT2D eigenvalue weighted by molar-refractivity contribution is 6.32. The molecule has 2 aromatic rings. The van der Waals surface area contributed by atoms with Gasteiger partial charge in [-0.15, -0.1) is 0 Å². The summed E-state index contributed by atoms with van der Waals surface area (Å²) < 4.78 is 13.4. The molecule has 3 amide bonds. The number of imide groups is 1. The minimum Gasteiger partial charge on any atom is -0.324 e. The number of rotatable bonds is 4. The average molecular weight is 430 g/mol. The van der Waals surface area contributed by atoms with E-state index in [0.29, 0.717) is 5.69 Å². The predicted molar refractivity (Wildman–Crippen MR) is 108 cm³/mol. The van der Waals surface area contributed by atoms with Crippen LogP contribution in [0.15, 0.2) is 46.7 Å². The van der Waals surface area contributed by atoms with Gasteiger partial charge in [0.2, 0.25) is 5.91 Å². The molecule has 0 spiro atoms. The maximum absolute atomic E-state index is 13.4. The zero-order valence-electron chi connectivity index (χ0n) is 16.1. The number of nitrogens with one attached hydrogen (secondary N) is 1. The molecule has 2 aliphatic heterocycles. The van der Waals surface area contributed by atoms with Crippen molar-refractivity contribution >= 4 is 40.7 Å². The number of hydrogen-bond acceptors (Lipinski definition) is 6. The largest absolute Gasteiger partial charge is 0.324 e. The van der Waals surface area contributed by atoms with Gasteiger partial charge in [0.25, 0.3) is 11.8 Å². The van der Waals surface area contributed by atoms with E-state index >= 15 is 0 Å². The summed E-state index contributed by atoms with van der Waals surface area (Å²) in [6.45, 7) is 3.58. The Hall–Kier alpha value is -3.33. The SMILES string of the molecule is Cc1cc(C)cc(NC(=O)CN2N=NC3C(=O)N(c4ccc(F)c(Cl)c4)C(=O)C32)c1. The highest BCUT2D eigenvalue weighted by Crippen LogP contribution is 2.33. The van der Waals surface area contributed by atoms with E-state index in [-0.39, 0.29) is 17.3 Å². The normalized spacial score (nSPS) is 20.1. The van der Waals surface area contributed by atoms with Crippen molar-refractivity contribution in [3.8, 4) is 0 Å². The molecule has 8 nitrogen and oxygen atoms in total. The maximum Gasteiger partial charge on any atom is 0.263 e. The van der Waals surface area contributed by atoms with Gasteiger partial charge in [-0.3, -0.25) is 19.4 Å². The standard InChI is InChI=1S/C20H17ClFN5O3/c1-10-5-11(2)7-12(6-10)23-16(28)9-26-18-17(24-25-26)19(29)27(20(18)30)13-3-4-15(22)14(21)8-13/h3-8,17-18H,9H2,1-2H3,(H,23,28). The summed E-state index contributed by atoms with van der Waals surface area (Å²) in [5.74, 6) is -2.27. The Morgan fingerprint density at radius 1 is 1.13 bits per heavy atom. The minimum atomic E-state index is -1.06. The lowest BCUT2D eigenvalue weighted by Crippen LogP contribution is -2.43. The third-order valence-electron chi connectivity index (χ3n) is 4.83. The number of carbonyl (C=O) groups excluding carboxylic acids is 3. The number of aryl methyl sites for hydroxylation is 2. The molecule has 2 atom stereocenters. The van der Waals surface area contributed by atoms with E-state index in [0.717, 1.165) is 22.1 Å². The Balaban J connectivity index is 1.50. The number of anilines is 2. The van der Waals surface area contributed by atoms with E-state index in [9.17, 15) is 18.8 Å². The van der Waals surface area contributed by atoms with E-state index < -0.39 is 35.6 Å². The van der Waals surface area contributed by atoms with Gasteiger partial charge in [-0.2, -0.15) is 5.11 Å². The summed E-state index contributed by atoms with van der Waals surface area (Å²) in [5.41, 5.74) is 2.76. The van der Waals surface area contributed by atoms with Crippen molar-refractivity contribution in [1.82, 2.24) is 5.01 Å². The van der Waals surface area contributed by atoms with E-state index in [1.807, 2.05) is 32.0 Å². The molecule has 0 radical (unpaired) electrons. The first-order chi connectivity index (χ1) is 14.2. The minimum absolute atomic E-state index is 0.139. The average Bonchev–Trinajstić information content (AvgIpc) is 3.17. The van der Waals surface area contributed by atoms with Crippen LogP contribution in [-0.4, -0.2) is 41.4 Å². The molecule has 0 aromatic heterocycles. The number of amides is 3. The van der Waals surface area contributed by atoms with Crippen LogP contribution in [0.3, 0.4) is 0 Å². The molecule has 2 unspecified atom stereocenters. The summed E-state index contributed by atoms with van der Waals surface area (Å²) in [6.07, 6.45) is 0. The van der Waals surface area contributed by atoms with Crippen LogP contribution in [0.25, 0.3) is 0 Å². The van der Waals surface area contributed by atoms with Crippen LogP contribution in [0.4, 0.5) is 15.8 Å². The second-order valence-electron chi connectivity index (χ2n) is 7.23. The molecule has 0 bridgehead atoms. The molecule has 1 N–H and O–H groups in total. The molecule has 1 fully saturated rings. The van der Waals surface area contributed by atoms with Crippen LogP contribution in [0, 0.1) is 19.7 Å². The fourth-order valence-corrected chi connectivity index (χ4v) is 3.80. The summed E-state index contributed by atoms with van der Waals surface area (Å²) in [5, 5.41) is 11.4. The number of benzene rings is 2. The third kappa shape index (κ3) is 3.52. The molecular formula is C20H17ClFN5O3. The van der Waals surface area contributed by atoms with Crippen molar-refractivity contribution in [1.29, 1.82) is 0 Å². The van der Waals surface area contributed by atoms with Crippen LogP contribution >= 0.6 is 11.6 Å². The van der Waals surface area contributed by atoms with Crippen molar-refractivity contribution in [2.24, 2.45) is 10.3 Å². The smallest absolute Gasteiger partial charge is 0.263 e. The number of hydrogen-bond donors (Lipinski definition) is 1. The van der Waals surface area contributed by atoms with Crippen LogP contribution < -0.4 is 10.2 Å². The van der Waals surface area contributed by atoms with E-state index in [2.05, 4.69) is 15.7 Å². The fraction of sp³-hybridized carbons (Fsp3) is 0.250. The summed E-state index contributed by atoms with van der Waals surface area (Å²) in [6, 6.07) is 7.08. The van der Waals surface area contributed by atoms with Gasteiger partial charge in [-0.1, -0.05) is 22.9 Å². The van der Waals surface area contributed by atoms with Crippen molar-refractivity contribution in [2.75, 3.05) is 16.8 Å². The summed E-state index contributed by atoms with van der Waals surface area (Å²) >= 11 is 5.78. The van der Waals surface area contributed by atoms with Gasteiger partial charge in [-0.05, 0) is 55.3 Å². The van der Waals surface area contributed by atoms with Gasteiger partial charge in [0.05, 0.1) is 10.7 Å². The number of carbonyl (C=O) groups is 3. The van der Waals surface area contributed by atoms with Crippen molar-refractivity contribution in [3.63, 3.8) is 0 Å². The molecule has 4 rings (SSSR count). The van der Waals surface area contributed by atoms with Gasteiger partial charge in [-0.25, -0.2) is 9.29 Å². The second kappa shape index (κ2) is 7.49. The maximum atomic E-state index is 13.4. The summed E-state index contributed by atoms with van der Waals surface area (Å²) in [4.78, 5) is 39.0. The lowest BCUT2D eigenvalue weighted by molar-refractivity contribution is -0.123. The lowest BCUT2D eigenvalue weighted by atomic mass is 10.1. The quantitative estimate of drug-likeness (QED) is 0.756. The molecule has 30 heavy (non-hydrogen) atoms. The molecule has 154 valence electrons. The second-order valence-corrected chi connectivity index (χ2v) is 7.63. The molecule has 10 heteroatoms. The number of halogens is 2. The first-order valence-corrected chi connectivity index (χ1v) is 9.51. The molecule has 2 aliphatic rings. The van der Waals surface area contributed by atoms with Gasteiger partial charge < -0.3 is 5.32 Å². The Labute approximate surface area is 176 Å². The number of fused-ring (bicyclic) bond motifs is 1. The van der Waals surface area contributed by atoms with Crippen molar-refractivity contribution < 1.29 is 18.8 Å². The van der Waals surface area contributed by atoms with Crippen LogP contribution in [0.5, 0.6) is 0 Å². The highest BCUT2D eigenvalue weighted by Gasteiger charge is 2.55. The van der Waals surface area contributed by atoms with Gasteiger partial charge in [0, 0.05) is 5.69 Å². The topological polar surface area (TPSA) is 94.4 Å². The van der Waals surface area contributed by atoms with Crippen molar-refractivity contribution in [2.45, 2.75) is 25.9 Å². The molecular weight excluding hydrogens is 413 g/mol. The molecule has 1 saturated heterocycles. The molecule has 0 aliphatic carbocycles. The fourth-order valence-electron chi connectivity index (χ4n) is 3.63. The van der Waals surface area contributed by atoms with Crippen molar-refractivity contribution in [3.05, 3.63) is 58.4 Å². The van der Waals surface area contributed by atoms with E-state index in [4.69, 9.17) is 11.6 Å². The molecule has 2 heterocycles. The zero-order chi connectivity index (χ0) is 21.6. The van der Waals surface area contributed by atoms with Crippen LogP contribution in [0.1, 0.15) is 11.1 Å². The predicted octanol–water partition coefficient (Wildman–Crippen LogP) is 3.03.